The average molecular weight is 282 g/mol. The van der Waals surface area contributed by atoms with E-state index in [1.54, 1.807) is 13.2 Å². The maximum atomic E-state index is 12.6. The second-order valence-electron chi connectivity index (χ2n) is 4.89. The molecule has 4 heteroatoms. The van der Waals surface area contributed by atoms with Crippen molar-refractivity contribution in [3.05, 3.63) is 29.8 Å². The maximum Gasteiger partial charge on any atom is 0.254 e. The molecule has 104 valence electrons. The minimum absolute atomic E-state index is 0.0615. The molecule has 1 fully saturated rings. The first-order chi connectivity index (χ1) is 9.26. The fourth-order valence-corrected chi connectivity index (χ4v) is 2.85. The first kappa shape index (κ1) is 14.2. The third-order valence-electron chi connectivity index (χ3n) is 3.63. The summed E-state index contributed by atoms with van der Waals surface area (Å²) in [4.78, 5) is 14.5. The lowest BCUT2D eigenvalue weighted by Gasteiger charge is -2.28. The smallest absolute Gasteiger partial charge is 0.254 e. The van der Waals surface area contributed by atoms with Crippen molar-refractivity contribution in [1.82, 2.24) is 4.90 Å². The standard InChI is InChI=1S/C15H20ClNO2/c1-19-14-8-5-6-12(10-14)15(18)17-9-4-2-3-7-13(17)11-16/h5-6,8,10,13H,2-4,7,9,11H2,1H3. The lowest BCUT2D eigenvalue weighted by molar-refractivity contribution is 0.0700. The Balaban J connectivity index is 2.20. The molecule has 1 heterocycles. The first-order valence-corrected chi connectivity index (χ1v) is 7.30. The number of alkyl halides is 1. The van der Waals surface area contributed by atoms with Gasteiger partial charge in [0.15, 0.2) is 0 Å². The number of likely N-dealkylation sites (tertiary alicyclic amines) is 1. The van der Waals surface area contributed by atoms with Gasteiger partial charge in [-0.05, 0) is 31.0 Å². The van der Waals surface area contributed by atoms with Gasteiger partial charge in [0.05, 0.1) is 7.11 Å². The fraction of sp³-hybridized carbons (Fsp3) is 0.533. The van der Waals surface area contributed by atoms with Crippen LogP contribution in [0.4, 0.5) is 0 Å². The number of amides is 1. The van der Waals surface area contributed by atoms with Gasteiger partial charge in [-0.15, -0.1) is 11.6 Å². The summed E-state index contributed by atoms with van der Waals surface area (Å²) in [6, 6.07) is 7.47. The van der Waals surface area contributed by atoms with E-state index in [2.05, 4.69) is 0 Å². The van der Waals surface area contributed by atoms with Crippen molar-refractivity contribution in [2.45, 2.75) is 31.7 Å². The summed E-state index contributed by atoms with van der Waals surface area (Å²) in [6.07, 6.45) is 4.39. The maximum absolute atomic E-state index is 12.6. The van der Waals surface area contributed by atoms with E-state index in [9.17, 15) is 4.79 Å². The quantitative estimate of drug-likeness (QED) is 0.796. The third-order valence-corrected chi connectivity index (χ3v) is 3.99. The van der Waals surface area contributed by atoms with Crippen LogP contribution in [0.15, 0.2) is 24.3 Å². The van der Waals surface area contributed by atoms with Crippen LogP contribution in [0, 0.1) is 0 Å². The molecule has 1 aromatic carbocycles. The highest BCUT2D eigenvalue weighted by atomic mass is 35.5. The average Bonchev–Trinajstić information content (AvgIpc) is 2.71. The van der Waals surface area contributed by atoms with E-state index >= 15 is 0 Å². The third kappa shape index (κ3) is 3.41. The van der Waals surface area contributed by atoms with Gasteiger partial charge in [-0.3, -0.25) is 4.79 Å². The molecule has 0 spiro atoms. The molecule has 1 aliphatic heterocycles. The van der Waals surface area contributed by atoms with Crippen molar-refractivity contribution in [2.75, 3.05) is 19.5 Å². The molecule has 2 rings (SSSR count). The molecule has 1 amide bonds. The lowest BCUT2D eigenvalue weighted by atomic mass is 10.1. The second-order valence-corrected chi connectivity index (χ2v) is 5.20. The molecule has 1 unspecified atom stereocenters. The number of carbonyl (C=O) groups is 1. The highest BCUT2D eigenvalue weighted by Gasteiger charge is 2.25. The molecule has 0 bridgehead atoms. The van der Waals surface area contributed by atoms with Crippen LogP contribution in [0.1, 0.15) is 36.0 Å². The van der Waals surface area contributed by atoms with Gasteiger partial charge in [-0.2, -0.15) is 0 Å². The van der Waals surface area contributed by atoms with Crippen LogP contribution in [0.3, 0.4) is 0 Å². The summed E-state index contributed by atoms with van der Waals surface area (Å²) in [6.45, 7) is 0.799. The SMILES string of the molecule is COc1cccc(C(=O)N2CCCCCC2CCl)c1. The van der Waals surface area contributed by atoms with Crippen LogP contribution >= 0.6 is 11.6 Å². The molecule has 0 aromatic heterocycles. The molecular formula is C15H20ClNO2. The lowest BCUT2D eigenvalue weighted by Crippen LogP contribution is -2.41. The summed E-state index contributed by atoms with van der Waals surface area (Å²) in [5.74, 6) is 1.28. The number of rotatable bonds is 3. The van der Waals surface area contributed by atoms with Crippen molar-refractivity contribution in [3.8, 4) is 5.75 Å². The molecule has 1 atom stereocenters. The Bertz CT molecular complexity index is 436. The van der Waals surface area contributed by atoms with Crippen molar-refractivity contribution in [2.24, 2.45) is 0 Å². The summed E-state index contributed by atoms with van der Waals surface area (Å²) >= 11 is 6.02. The van der Waals surface area contributed by atoms with Gasteiger partial charge in [0, 0.05) is 24.0 Å². The van der Waals surface area contributed by atoms with Crippen LogP contribution in [0.25, 0.3) is 0 Å². The Morgan fingerprint density at radius 3 is 3.00 bits per heavy atom. The van der Waals surface area contributed by atoms with E-state index in [4.69, 9.17) is 16.3 Å². The predicted molar refractivity (Wildman–Crippen MR) is 77.0 cm³/mol. The molecule has 1 saturated heterocycles. The zero-order chi connectivity index (χ0) is 13.7. The fourth-order valence-electron chi connectivity index (χ4n) is 2.53. The molecule has 0 N–H and O–H groups in total. The van der Waals surface area contributed by atoms with Gasteiger partial charge in [-0.25, -0.2) is 0 Å². The van der Waals surface area contributed by atoms with Gasteiger partial charge < -0.3 is 9.64 Å². The number of carbonyl (C=O) groups excluding carboxylic acids is 1. The second kappa shape index (κ2) is 6.80. The van der Waals surface area contributed by atoms with Gasteiger partial charge in [0.2, 0.25) is 0 Å². The Labute approximate surface area is 119 Å². The molecule has 0 aliphatic carbocycles. The molecule has 3 nitrogen and oxygen atoms in total. The number of ether oxygens (including phenoxy) is 1. The van der Waals surface area contributed by atoms with E-state index in [1.807, 2.05) is 23.1 Å². The summed E-state index contributed by atoms with van der Waals surface area (Å²) in [5, 5.41) is 0. The van der Waals surface area contributed by atoms with E-state index in [0.29, 0.717) is 17.2 Å². The number of hydrogen-bond donors (Lipinski definition) is 0. The molecule has 0 radical (unpaired) electrons. The van der Waals surface area contributed by atoms with E-state index in [-0.39, 0.29) is 11.9 Å². The molecule has 19 heavy (non-hydrogen) atoms. The van der Waals surface area contributed by atoms with E-state index in [1.165, 1.54) is 6.42 Å². The van der Waals surface area contributed by atoms with Crippen LogP contribution in [0.2, 0.25) is 0 Å². The Morgan fingerprint density at radius 1 is 1.42 bits per heavy atom. The van der Waals surface area contributed by atoms with Crippen molar-refractivity contribution in [1.29, 1.82) is 0 Å². The Morgan fingerprint density at radius 2 is 2.26 bits per heavy atom. The zero-order valence-corrected chi connectivity index (χ0v) is 12.0. The minimum Gasteiger partial charge on any atom is -0.497 e. The summed E-state index contributed by atoms with van der Waals surface area (Å²) in [7, 11) is 1.61. The minimum atomic E-state index is 0.0615. The van der Waals surface area contributed by atoms with E-state index < -0.39 is 0 Å². The molecule has 0 saturated carbocycles. The number of halogens is 1. The number of hydrogen-bond acceptors (Lipinski definition) is 2. The van der Waals surface area contributed by atoms with Crippen LogP contribution in [0.5, 0.6) is 5.75 Å². The topological polar surface area (TPSA) is 29.5 Å². The predicted octanol–water partition coefficient (Wildman–Crippen LogP) is 3.32. The van der Waals surface area contributed by atoms with Crippen LogP contribution in [-0.4, -0.2) is 36.4 Å². The summed E-state index contributed by atoms with van der Waals surface area (Å²) in [5.41, 5.74) is 0.677. The van der Waals surface area contributed by atoms with Gasteiger partial charge in [0.1, 0.15) is 5.75 Å². The van der Waals surface area contributed by atoms with Gasteiger partial charge >= 0.3 is 0 Å². The van der Waals surface area contributed by atoms with Crippen molar-refractivity contribution in [3.63, 3.8) is 0 Å². The zero-order valence-electron chi connectivity index (χ0n) is 11.3. The largest absolute Gasteiger partial charge is 0.497 e. The number of benzene rings is 1. The van der Waals surface area contributed by atoms with E-state index in [0.717, 1.165) is 25.8 Å². The van der Waals surface area contributed by atoms with Gasteiger partial charge in [-0.1, -0.05) is 18.9 Å². The molecule has 1 aliphatic rings. The highest BCUT2D eigenvalue weighted by molar-refractivity contribution is 6.18. The number of nitrogens with zero attached hydrogens (tertiary/aromatic N) is 1. The molecular weight excluding hydrogens is 262 g/mol. The van der Waals surface area contributed by atoms with Gasteiger partial charge in [0.25, 0.3) is 5.91 Å². The highest BCUT2D eigenvalue weighted by Crippen LogP contribution is 2.22. The van der Waals surface area contributed by atoms with Crippen molar-refractivity contribution >= 4 is 17.5 Å². The van der Waals surface area contributed by atoms with Crippen LogP contribution in [-0.2, 0) is 0 Å². The Hall–Kier alpha value is -1.22. The van der Waals surface area contributed by atoms with Crippen LogP contribution < -0.4 is 4.74 Å². The summed E-state index contributed by atoms with van der Waals surface area (Å²) < 4.78 is 5.17. The number of methoxy groups -OCH3 is 1. The first-order valence-electron chi connectivity index (χ1n) is 6.77. The normalized spacial score (nSPS) is 19.9. The monoisotopic (exact) mass is 281 g/mol. The Kier molecular flexibility index (Phi) is 5.08. The van der Waals surface area contributed by atoms with Crippen molar-refractivity contribution < 1.29 is 9.53 Å². The molecule has 1 aromatic rings.